The third-order valence-electron chi connectivity index (χ3n) is 12.3. The fraction of sp³-hybridized carbons (Fsp3) is 0.645. The predicted octanol–water partition coefficient (Wildman–Crippen LogP) is 2.89. The molecule has 9 bridgehead atoms. The van der Waals surface area contributed by atoms with Crippen LogP contribution in [0.3, 0.4) is 0 Å². The first-order valence-corrected chi connectivity index (χ1v) is 14.3. The van der Waals surface area contributed by atoms with Crippen molar-refractivity contribution in [2.75, 3.05) is 6.54 Å². The molecular weight excluding hydrogens is 498 g/mol. The quantitative estimate of drug-likeness (QED) is 0.358. The molecule has 39 heavy (non-hydrogen) atoms. The molecule has 2 spiro atoms. The number of hydrogen-bond acceptors (Lipinski definition) is 8. The van der Waals surface area contributed by atoms with Crippen LogP contribution in [0.4, 0.5) is 0 Å². The number of piperidine rings is 2. The van der Waals surface area contributed by atoms with Gasteiger partial charge in [0, 0.05) is 37.9 Å². The molecule has 9 fully saturated rings. The van der Waals surface area contributed by atoms with E-state index in [-0.39, 0.29) is 41.2 Å². The van der Waals surface area contributed by atoms with Gasteiger partial charge < -0.3 is 19.3 Å². The van der Waals surface area contributed by atoms with Gasteiger partial charge in [-0.3, -0.25) is 14.5 Å². The van der Waals surface area contributed by atoms with E-state index < -0.39 is 46.7 Å². The molecule has 8 nitrogen and oxygen atoms in total. The van der Waals surface area contributed by atoms with Gasteiger partial charge in [-0.2, -0.15) is 0 Å². The smallest absolute Gasteiger partial charge is 0.338 e. The number of esters is 3. The number of carbonyl (C=O) groups is 3. The SMILES string of the molecule is C=C1[C@H]2C[C@@H]3[C@H]4N5C[C@@]6(C)C[C@H](OC(=O)c7ccccc7)[C@@H](OC(C)=O)[C@@]47[C@@H]6[C@@H]5C[C@]3([C@@H]1OC(C)=O)[C@@]7(O)C2. The molecule has 0 amide bonds. The minimum Gasteiger partial charge on any atom is -0.458 e. The zero-order chi connectivity index (χ0) is 27.3. The molecule has 3 heterocycles. The van der Waals surface area contributed by atoms with E-state index in [4.69, 9.17) is 14.2 Å². The number of benzene rings is 1. The van der Waals surface area contributed by atoms with Crippen molar-refractivity contribution in [2.45, 2.75) is 82.5 Å². The van der Waals surface area contributed by atoms with Crippen LogP contribution in [-0.4, -0.2) is 70.5 Å². The normalized spacial score (nSPS) is 52.6. The van der Waals surface area contributed by atoms with Crippen molar-refractivity contribution >= 4 is 17.9 Å². The molecule has 0 radical (unpaired) electrons. The number of aliphatic hydroxyl groups is 1. The zero-order valence-electron chi connectivity index (χ0n) is 22.6. The lowest BCUT2D eigenvalue weighted by Crippen LogP contribution is -2.78. The molecule has 1 N–H and O–H groups in total. The van der Waals surface area contributed by atoms with E-state index in [2.05, 4.69) is 18.4 Å². The number of fused-ring (bicyclic) bond motifs is 1. The summed E-state index contributed by atoms with van der Waals surface area (Å²) in [6.07, 6.45) is 0.611. The minimum absolute atomic E-state index is 0.0137. The standard InChI is InChI=1S/C31H35NO7/c1-15-19-10-20-24-31-23-21(12-29(20,30(31,36)11-19)25(15)37-16(2)33)32(24)14-28(23,4)13-22(26(31)38-17(3)34)39-27(35)18-8-6-5-7-9-18/h5-9,19-26,36H,1,10-14H2,2-4H3/t19-,20+,21-,22-,23+,24+,25+,26+,28+,29-,30-,31+/m0/s1. The largest absolute Gasteiger partial charge is 0.458 e. The molecule has 8 heteroatoms. The molecule has 0 aromatic heterocycles. The third-order valence-corrected chi connectivity index (χ3v) is 12.3. The second-order valence-electron chi connectivity index (χ2n) is 13.7. The summed E-state index contributed by atoms with van der Waals surface area (Å²) < 4.78 is 18.5. The maximum Gasteiger partial charge on any atom is 0.338 e. The van der Waals surface area contributed by atoms with Crippen molar-refractivity contribution in [2.24, 2.45) is 34.0 Å². The molecule has 6 aliphatic carbocycles. The molecule has 1 aromatic rings. The number of rotatable bonds is 4. The van der Waals surface area contributed by atoms with Crippen molar-refractivity contribution in [3.63, 3.8) is 0 Å². The Balaban J connectivity index is 1.31. The highest BCUT2D eigenvalue weighted by Gasteiger charge is 2.97. The Morgan fingerprint density at radius 1 is 1.03 bits per heavy atom. The molecule has 1 aromatic carbocycles. The van der Waals surface area contributed by atoms with Gasteiger partial charge in [0.1, 0.15) is 18.3 Å². The lowest BCUT2D eigenvalue weighted by Gasteiger charge is -2.69. The highest BCUT2D eigenvalue weighted by atomic mass is 16.6. The van der Waals surface area contributed by atoms with E-state index in [1.54, 1.807) is 24.3 Å². The average molecular weight is 534 g/mol. The number of hydrogen-bond donors (Lipinski definition) is 1. The van der Waals surface area contributed by atoms with Gasteiger partial charge in [0.25, 0.3) is 0 Å². The topological polar surface area (TPSA) is 102 Å². The molecular formula is C31H35NO7. The van der Waals surface area contributed by atoms with Crippen LogP contribution in [0.1, 0.15) is 56.8 Å². The Labute approximate surface area is 227 Å². The van der Waals surface area contributed by atoms with E-state index >= 15 is 0 Å². The molecule has 10 rings (SSSR count). The summed E-state index contributed by atoms with van der Waals surface area (Å²) in [7, 11) is 0. The Morgan fingerprint density at radius 2 is 1.74 bits per heavy atom. The Kier molecular flexibility index (Phi) is 4.41. The Morgan fingerprint density at radius 3 is 2.44 bits per heavy atom. The maximum absolute atomic E-state index is 13.4. The maximum atomic E-state index is 13.4. The fourth-order valence-corrected chi connectivity index (χ4v) is 11.9. The van der Waals surface area contributed by atoms with Gasteiger partial charge in [-0.15, -0.1) is 0 Å². The summed E-state index contributed by atoms with van der Waals surface area (Å²) >= 11 is 0. The zero-order valence-corrected chi connectivity index (χ0v) is 22.6. The van der Waals surface area contributed by atoms with Crippen molar-refractivity contribution in [1.82, 2.24) is 4.90 Å². The summed E-state index contributed by atoms with van der Waals surface area (Å²) in [6, 6.07) is 9.01. The van der Waals surface area contributed by atoms with E-state index in [1.165, 1.54) is 13.8 Å². The van der Waals surface area contributed by atoms with Crippen LogP contribution in [0.25, 0.3) is 0 Å². The van der Waals surface area contributed by atoms with E-state index in [1.807, 2.05) is 6.07 Å². The van der Waals surface area contributed by atoms with E-state index in [9.17, 15) is 19.5 Å². The van der Waals surface area contributed by atoms with Crippen LogP contribution >= 0.6 is 0 Å². The van der Waals surface area contributed by atoms with Crippen molar-refractivity contribution in [3.8, 4) is 0 Å². The van der Waals surface area contributed by atoms with E-state index in [0.29, 0.717) is 18.4 Å². The third kappa shape index (κ3) is 2.41. The van der Waals surface area contributed by atoms with Crippen molar-refractivity contribution < 1.29 is 33.7 Å². The van der Waals surface area contributed by atoms with Gasteiger partial charge in [0.2, 0.25) is 0 Å². The molecule has 3 aliphatic heterocycles. The van der Waals surface area contributed by atoms with Gasteiger partial charge in [0.15, 0.2) is 0 Å². The van der Waals surface area contributed by atoms with Crippen molar-refractivity contribution in [3.05, 3.63) is 48.0 Å². The molecule has 206 valence electrons. The van der Waals surface area contributed by atoms with Crippen LogP contribution in [0.5, 0.6) is 0 Å². The number of carbonyl (C=O) groups excluding carboxylic acids is 3. The average Bonchev–Trinajstić information content (AvgIpc) is 3.28. The first-order chi connectivity index (χ1) is 18.5. The first-order valence-electron chi connectivity index (χ1n) is 14.3. The molecule has 9 aliphatic rings. The monoisotopic (exact) mass is 533 g/mol. The second-order valence-corrected chi connectivity index (χ2v) is 13.7. The lowest BCUT2D eigenvalue weighted by atomic mass is 9.37. The Bertz CT molecular complexity index is 1350. The summed E-state index contributed by atoms with van der Waals surface area (Å²) in [5.74, 6) is -1.11. The first kappa shape index (κ1) is 24.1. The Hall–Kier alpha value is -2.71. The van der Waals surface area contributed by atoms with E-state index in [0.717, 1.165) is 25.0 Å². The summed E-state index contributed by atoms with van der Waals surface area (Å²) in [6.45, 7) is 10.3. The van der Waals surface area contributed by atoms with Gasteiger partial charge in [0.05, 0.1) is 16.6 Å². The highest BCUT2D eigenvalue weighted by Crippen LogP contribution is 2.88. The van der Waals surface area contributed by atoms with Gasteiger partial charge in [-0.1, -0.05) is 31.7 Å². The van der Waals surface area contributed by atoms with Crippen molar-refractivity contribution in [1.29, 1.82) is 0 Å². The van der Waals surface area contributed by atoms with Gasteiger partial charge >= 0.3 is 17.9 Å². The number of ether oxygens (including phenoxy) is 3. The van der Waals surface area contributed by atoms with Crippen LogP contribution in [0.15, 0.2) is 42.5 Å². The molecule has 6 saturated carbocycles. The molecule has 1 unspecified atom stereocenters. The number of nitrogens with zero attached hydrogens (tertiary/aromatic N) is 1. The van der Waals surface area contributed by atoms with Gasteiger partial charge in [-0.25, -0.2) is 4.79 Å². The van der Waals surface area contributed by atoms with Crippen LogP contribution in [0.2, 0.25) is 0 Å². The van der Waals surface area contributed by atoms with Crippen LogP contribution in [-0.2, 0) is 23.8 Å². The van der Waals surface area contributed by atoms with Crippen LogP contribution < -0.4 is 0 Å². The van der Waals surface area contributed by atoms with Crippen LogP contribution in [0, 0.1) is 34.0 Å². The molecule has 13 atom stereocenters. The summed E-state index contributed by atoms with van der Waals surface area (Å²) in [5.41, 5.74) is -1.65. The summed E-state index contributed by atoms with van der Waals surface area (Å²) in [4.78, 5) is 41.0. The summed E-state index contributed by atoms with van der Waals surface area (Å²) in [5, 5.41) is 13.3. The minimum atomic E-state index is -1.25. The predicted molar refractivity (Wildman–Crippen MR) is 137 cm³/mol. The second kappa shape index (κ2) is 7.13. The lowest BCUT2D eigenvalue weighted by molar-refractivity contribution is -0.305. The molecule has 3 saturated heterocycles. The fourth-order valence-electron chi connectivity index (χ4n) is 11.9. The van der Waals surface area contributed by atoms with Gasteiger partial charge in [-0.05, 0) is 66.6 Å². The highest BCUT2D eigenvalue weighted by molar-refractivity contribution is 5.89.